The van der Waals surface area contributed by atoms with Gasteiger partial charge in [-0.1, -0.05) is 19.9 Å². The summed E-state index contributed by atoms with van der Waals surface area (Å²) in [5, 5.41) is 3.53. The van der Waals surface area contributed by atoms with Gasteiger partial charge in [-0.3, -0.25) is 4.90 Å². The van der Waals surface area contributed by atoms with E-state index in [1.165, 1.54) is 12.1 Å². The topological polar surface area (TPSA) is 15.3 Å². The summed E-state index contributed by atoms with van der Waals surface area (Å²) in [5.41, 5.74) is 0.842. The highest BCUT2D eigenvalue weighted by Crippen LogP contribution is 2.17. The first kappa shape index (κ1) is 14.4. The highest BCUT2D eigenvalue weighted by Gasteiger charge is 2.25. The smallest absolute Gasteiger partial charge is 0.159 e. The molecule has 0 amide bonds. The monoisotopic (exact) mass is 268 g/mol. The van der Waals surface area contributed by atoms with Gasteiger partial charge in [-0.05, 0) is 30.5 Å². The molecule has 1 aliphatic rings. The van der Waals surface area contributed by atoms with E-state index in [1.807, 2.05) is 0 Å². The molecule has 2 atom stereocenters. The molecule has 0 aromatic heterocycles. The Balaban J connectivity index is 2.07. The van der Waals surface area contributed by atoms with Gasteiger partial charge in [0.15, 0.2) is 11.6 Å². The van der Waals surface area contributed by atoms with Gasteiger partial charge >= 0.3 is 0 Å². The molecule has 1 fully saturated rings. The molecule has 106 valence electrons. The third-order valence-corrected chi connectivity index (χ3v) is 3.95. The molecule has 1 heterocycles. The summed E-state index contributed by atoms with van der Waals surface area (Å²) in [5.74, 6) is -1.53. The van der Waals surface area contributed by atoms with Crippen LogP contribution in [-0.2, 0) is 6.54 Å². The quantitative estimate of drug-likeness (QED) is 0.903. The lowest BCUT2D eigenvalue weighted by Gasteiger charge is -2.40. The Morgan fingerprint density at radius 3 is 2.63 bits per heavy atom. The Hall–Kier alpha value is -1.00. The van der Waals surface area contributed by atoms with E-state index in [0.717, 1.165) is 31.5 Å². The van der Waals surface area contributed by atoms with Gasteiger partial charge in [-0.15, -0.1) is 0 Å². The lowest BCUT2D eigenvalue weighted by Crippen LogP contribution is -2.55. The van der Waals surface area contributed by atoms with Crippen LogP contribution in [0, 0.1) is 11.6 Å². The van der Waals surface area contributed by atoms with Crippen LogP contribution in [0.3, 0.4) is 0 Å². The van der Waals surface area contributed by atoms with Crippen LogP contribution in [0.2, 0.25) is 0 Å². The summed E-state index contributed by atoms with van der Waals surface area (Å²) in [6.07, 6.45) is 2.15. The highest BCUT2D eigenvalue weighted by atomic mass is 19.2. The van der Waals surface area contributed by atoms with Gasteiger partial charge in [-0.2, -0.15) is 0 Å². The average Bonchev–Trinajstić information content (AvgIpc) is 2.43. The molecule has 1 aromatic carbocycles. The zero-order chi connectivity index (χ0) is 13.8. The fourth-order valence-electron chi connectivity index (χ4n) is 2.67. The molecule has 0 spiro atoms. The van der Waals surface area contributed by atoms with Gasteiger partial charge in [0, 0.05) is 31.7 Å². The number of hydrogen-bond donors (Lipinski definition) is 1. The molecule has 4 heteroatoms. The number of piperazine rings is 1. The Morgan fingerprint density at radius 1 is 1.21 bits per heavy atom. The van der Waals surface area contributed by atoms with Crippen molar-refractivity contribution in [2.24, 2.45) is 0 Å². The number of rotatable bonds is 4. The molecule has 0 saturated carbocycles. The van der Waals surface area contributed by atoms with E-state index < -0.39 is 11.6 Å². The van der Waals surface area contributed by atoms with E-state index in [0.29, 0.717) is 18.6 Å². The first-order chi connectivity index (χ1) is 9.13. The van der Waals surface area contributed by atoms with Gasteiger partial charge in [0.05, 0.1) is 0 Å². The maximum atomic E-state index is 13.2. The Labute approximate surface area is 113 Å². The molecule has 19 heavy (non-hydrogen) atoms. The van der Waals surface area contributed by atoms with Crippen LogP contribution in [0.25, 0.3) is 0 Å². The van der Waals surface area contributed by atoms with E-state index >= 15 is 0 Å². The summed E-state index contributed by atoms with van der Waals surface area (Å²) in [6.45, 7) is 6.96. The molecule has 1 aliphatic heterocycles. The van der Waals surface area contributed by atoms with E-state index in [4.69, 9.17) is 0 Å². The van der Waals surface area contributed by atoms with Crippen LogP contribution in [0.1, 0.15) is 32.3 Å². The molecule has 0 aliphatic carbocycles. The molecule has 1 aromatic rings. The maximum absolute atomic E-state index is 13.2. The second-order valence-corrected chi connectivity index (χ2v) is 5.25. The lowest BCUT2D eigenvalue weighted by atomic mass is 10.0. The second kappa shape index (κ2) is 6.44. The molecular weight excluding hydrogens is 246 g/mol. The van der Waals surface area contributed by atoms with E-state index in [9.17, 15) is 8.78 Å². The average molecular weight is 268 g/mol. The van der Waals surface area contributed by atoms with Gasteiger partial charge in [0.1, 0.15) is 0 Å². The molecule has 2 unspecified atom stereocenters. The highest BCUT2D eigenvalue weighted by molar-refractivity contribution is 5.18. The number of hydrogen-bond acceptors (Lipinski definition) is 2. The predicted octanol–water partition coefficient (Wildman–Crippen LogP) is 2.93. The van der Waals surface area contributed by atoms with Gasteiger partial charge in [0.25, 0.3) is 0 Å². The zero-order valence-electron chi connectivity index (χ0n) is 11.6. The number of nitrogens with one attached hydrogen (secondary N) is 1. The van der Waals surface area contributed by atoms with Crippen molar-refractivity contribution < 1.29 is 8.78 Å². The molecule has 2 rings (SSSR count). The first-order valence-electron chi connectivity index (χ1n) is 7.05. The van der Waals surface area contributed by atoms with Crippen LogP contribution in [0.5, 0.6) is 0 Å². The van der Waals surface area contributed by atoms with Crippen molar-refractivity contribution in [3.8, 4) is 0 Å². The number of halogens is 2. The third kappa shape index (κ3) is 3.51. The van der Waals surface area contributed by atoms with Gasteiger partial charge in [0.2, 0.25) is 0 Å². The van der Waals surface area contributed by atoms with Crippen molar-refractivity contribution in [3.63, 3.8) is 0 Å². The Morgan fingerprint density at radius 2 is 2.00 bits per heavy atom. The molecule has 1 saturated heterocycles. The molecule has 0 radical (unpaired) electrons. The second-order valence-electron chi connectivity index (χ2n) is 5.25. The Kier molecular flexibility index (Phi) is 4.88. The summed E-state index contributed by atoms with van der Waals surface area (Å²) in [6, 6.07) is 5.16. The van der Waals surface area contributed by atoms with Crippen molar-refractivity contribution >= 4 is 0 Å². The van der Waals surface area contributed by atoms with Crippen LogP contribution >= 0.6 is 0 Å². The zero-order valence-corrected chi connectivity index (χ0v) is 11.6. The van der Waals surface area contributed by atoms with Crippen molar-refractivity contribution in [1.29, 1.82) is 0 Å². The standard InChI is InChI=1S/C15H22F2N2/c1-3-12-10-19(13(4-2)8-18-12)9-11-5-6-14(16)15(17)7-11/h5-7,12-13,18H,3-4,8-10H2,1-2H3. The molecule has 0 bridgehead atoms. The molecular formula is C15H22F2N2. The van der Waals surface area contributed by atoms with Crippen molar-refractivity contribution in [2.45, 2.75) is 45.3 Å². The van der Waals surface area contributed by atoms with E-state index in [2.05, 4.69) is 24.1 Å². The number of benzene rings is 1. The van der Waals surface area contributed by atoms with Crippen LogP contribution in [0.15, 0.2) is 18.2 Å². The maximum Gasteiger partial charge on any atom is 0.159 e. The third-order valence-electron chi connectivity index (χ3n) is 3.95. The number of nitrogens with zero attached hydrogens (tertiary/aromatic N) is 1. The SMILES string of the molecule is CCC1CN(Cc2ccc(F)c(F)c2)C(CC)CN1. The van der Waals surface area contributed by atoms with E-state index in [1.54, 1.807) is 6.07 Å². The summed E-state index contributed by atoms with van der Waals surface area (Å²) in [4.78, 5) is 2.37. The minimum atomic E-state index is -0.775. The van der Waals surface area contributed by atoms with Gasteiger partial charge < -0.3 is 5.32 Å². The minimum absolute atomic E-state index is 0.468. The van der Waals surface area contributed by atoms with E-state index in [-0.39, 0.29) is 0 Å². The van der Waals surface area contributed by atoms with Crippen molar-refractivity contribution in [3.05, 3.63) is 35.4 Å². The van der Waals surface area contributed by atoms with Crippen molar-refractivity contribution in [2.75, 3.05) is 13.1 Å². The van der Waals surface area contributed by atoms with Crippen LogP contribution in [-0.4, -0.2) is 30.1 Å². The fraction of sp³-hybridized carbons (Fsp3) is 0.600. The summed E-state index contributed by atoms with van der Waals surface area (Å²) >= 11 is 0. The lowest BCUT2D eigenvalue weighted by molar-refractivity contribution is 0.117. The molecule has 1 N–H and O–H groups in total. The van der Waals surface area contributed by atoms with Crippen LogP contribution in [0.4, 0.5) is 8.78 Å². The Bertz CT molecular complexity index is 423. The minimum Gasteiger partial charge on any atom is -0.311 e. The summed E-state index contributed by atoms with van der Waals surface area (Å²) < 4.78 is 26.2. The fourth-order valence-corrected chi connectivity index (χ4v) is 2.67. The predicted molar refractivity (Wildman–Crippen MR) is 72.9 cm³/mol. The van der Waals surface area contributed by atoms with Crippen molar-refractivity contribution in [1.82, 2.24) is 10.2 Å². The van der Waals surface area contributed by atoms with Gasteiger partial charge in [-0.25, -0.2) is 8.78 Å². The molecule has 2 nitrogen and oxygen atoms in total. The normalized spacial score (nSPS) is 24.6. The summed E-state index contributed by atoms with van der Waals surface area (Å²) in [7, 11) is 0. The van der Waals surface area contributed by atoms with Crippen LogP contribution < -0.4 is 5.32 Å². The largest absolute Gasteiger partial charge is 0.311 e. The first-order valence-corrected chi connectivity index (χ1v) is 7.05.